The van der Waals surface area contributed by atoms with E-state index in [1.165, 1.54) is 6.92 Å². The van der Waals surface area contributed by atoms with Crippen LogP contribution in [0.4, 0.5) is 26.3 Å². The van der Waals surface area contributed by atoms with Gasteiger partial charge in [0, 0.05) is 0 Å². The van der Waals surface area contributed by atoms with Gasteiger partial charge in [0.25, 0.3) is 0 Å². The quantitative estimate of drug-likeness (QED) is 0.390. The minimum Gasteiger partial charge on any atom is -0.454 e. The van der Waals surface area contributed by atoms with Crippen LogP contribution in [0.3, 0.4) is 0 Å². The van der Waals surface area contributed by atoms with Gasteiger partial charge in [-0.15, -0.1) is 13.2 Å². The molecule has 0 aliphatic heterocycles. The van der Waals surface area contributed by atoms with Crippen LogP contribution in [0.2, 0.25) is 0 Å². The second kappa shape index (κ2) is 8.20. The zero-order valence-electron chi connectivity index (χ0n) is 12.5. The Bertz CT molecular complexity index is 472. The number of hydrogen-bond donors (Lipinski definition) is 0. The molecule has 0 saturated carbocycles. The van der Waals surface area contributed by atoms with Crippen LogP contribution in [0, 0.1) is 5.41 Å². The third-order valence-corrected chi connectivity index (χ3v) is 2.76. The van der Waals surface area contributed by atoms with Gasteiger partial charge >= 0.3 is 30.4 Å². The van der Waals surface area contributed by atoms with Crippen molar-refractivity contribution in [1.29, 1.82) is 0 Å². The molecule has 0 saturated heterocycles. The summed E-state index contributed by atoms with van der Waals surface area (Å²) in [5.74, 6) is -4.51. The normalized spacial score (nSPS) is 14.5. The monoisotopic (exact) mass is 368 g/mol. The third-order valence-electron chi connectivity index (χ3n) is 2.76. The van der Waals surface area contributed by atoms with Gasteiger partial charge in [0.1, 0.15) is 0 Å². The van der Waals surface area contributed by atoms with Crippen LogP contribution < -0.4 is 0 Å². The summed E-state index contributed by atoms with van der Waals surface area (Å²) in [6, 6.07) is 0. The van der Waals surface area contributed by atoms with Gasteiger partial charge < -0.3 is 14.2 Å². The molecule has 140 valence electrons. The van der Waals surface area contributed by atoms with E-state index < -0.39 is 55.5 Å². The van der Waals surface area contributed by atoms with Crippen molar-refractivity contribution in [2.75, 3.05) is 13.2 Å². The average Bonchev–Trinajstić information content (AvgIpc) is 2.39. The highest BCUT2D eigenvalue weighted by molar-refractivity contribution is 5.84. The van der Waals surface area contributed by atoms with Crippen LogP contribution in [0.25, 0.3) is 0 Å². The van der Waals surface area contributed by atoms with Gasteiger partial charge in [0.05, 0.1) is 11.8 Å². The van der Waals surface area contributed by atoms with E-state index in [4.69, 9.17) is 0 Å². The Kier molecular flexibility index (Phi) is 7.51. The Morgan fingerprint density at radius 2 is 1.46 bits per heavy atom. The van der Waals surface area contributed by atoms with Crippen LogP contribution in [0.15, 0.2) is 0 Å². The molecule has 1 unspecified atom stereocenters. The van der Waals surface area contributed by atoms with E-state index in [0.29, 0.717) is 0 Å². The van der Waals surface area contributed by atoms with Gasteiger partial charge in [0.2, 0.25) is 0 Å². The maximum absolute atomic E-state index is 11.9. The summed E-state index contributed by atoms with van der Waals surface area (Å²) in [5.41, 5.74) is -1.76. The van der Waals surface area contributed by atoms with Gasteiger partial charge in [-0.25, -0.2) is 4.79 Å². The van der Waals surface area contributed by atoms with Crippen molar-refractivity contribution in [2.24, 2.45) is 5.41 Å². The molecular weight excluding hydrogens is 354 g/mol. The largest absolute Gasteiger partial charge is 0.575 e. The highest BCUT2D eigenvalue weighted by Gasteiger charge is 2.41. The number of carbonyl (C=O) groups is 3. The van der Waals surface area contributed by atoms with Crippen LogP contribution in [0.1, 0.15) is 26.7 Å². The Hall–Kier alpha value is -2.01. The van der Waals surface area contributed by atoms with Crippen LogP contribution >= 0.6 is 0 Å². The second-order valence-corrected chi connectivity index (χ2v) is 4.86. The highest BCUT2D eigenvalue weighted by Crippen LogP contribution is 2.30. The Balaban J connectivity index is 4.57. The summed E-state index contributed by atoms with van der Waals surface area (Å²) < 4.78 is 82.4. The van der Waals surface area contributed by atoms with E-state index in [1.807, 2.05) is 0 Å². The van der Waals surface area contributed by atoms with Crippen molar-refractivity contribution in [3.8, 4) is 0 Å². The van der Waals surface area contributed by atoms with E-state index in [-0.39, 0.29) is 6.42 Å². The van der Waals surface area contributed by atoms with Crippen LogP contribution in [-0.4, -0.2) is 43.7 Å². The molecule has 6 nitrogen and oxygen atoms in total. The van der Waals surface area contributed by atoms with Crippen molar-refractivity contribution in [3.05, 3.63) is 0 Å². The average molecular weight is 368 g/mol. The predicted molar refractivity (Wildman–Crippen MR) is 63.1 cm³/mol. The van der Waals surface area contributed by atoms with Gasteiger partial charge in [-0.2, -0.15) is 13.2 Å². The molecule has 0 aromatic rings. The first-order valence-corrected chi connectivity index (χ1v) is 6.36. The fraction of sp³-hybridized carbons (Fsp3) is 0.750. The smallest absolute Gasteiger partial charge is 0.454 e. The molecule has 0 rings (SSSR count). The van der Waals surface area contributed by atoms with E-state index in [0.717, 1.165) is 6.92 Å². The van der Waals surface area contributed by atoms with Crippen LogP contribution in [-0.2, 0) is 28.6 Å². The van der Waals surface area contributed by atoms with E-state index in [9.17, 15) is 40.7 Å². The summed E-state index contributed by atoms with van der Waals surface area (Å²) in [5, 5.41) is 0. The molecular formula is C12H14F6O6. The number of hydrogen-bond acceptors (Lipinski definition) is 6. The summed E-state index contributed by atoms with van der Waals surface area (Å²) in [6.45, 7) is -0.636. The van der Waals surface area contributed by atoms with Crippen molar-refractivity contribution < 1.29 is 54.9 Å². The van der Waals surface area contributed by atoms with E-state index >= 15 is 0 Å². The molecule has 0 radical (unpaired) electrons. The van der Waals surface area contributed by atoms with Gasteiger partial charge in [-0.1, -0.05) is 6.92 Å². The summed E-state index contributed by atoms with van der Waals surface area (Å²) in [7, 11) is 0. The maximum atomic E-state index is 11.9. The molecule has 0 aliphatic carbocycles. The minimum atomic E-state index is -5.23. The maximum Gasteiger partial charge on any atom is 0.575 e. The number of ether oxygens (including phenoxy) is 3. The molecule has 0 aliphatic rings. The van der Waals surface area contributed by atoms with Crippen LogP contribution in [0.5, 0.6) is 0 Å². The molecule has 0 fully saturated rings. The number of alkyl halides is 6. The van der Waals surface area contributed by atoms with Gasteiger partial charge in [-0.05, 0) is 13.3 Å². The summed E-state index contributed by atoms with van der Waals surface area (Å²) in [4.78, 5) is 33.9. The molecule has 0 N–H and O–H groups in total. The molecule has 24 heavy (non-hydrogen) atoms. The standard InChI is InChI=1S/C12H14F6O6/c1-3-10(2,4-7(19)24-12(16,17)18)9(21)22-5-8(20)23-6-11(13,14)15/h3-6H2,1-2H3. The fourth-order valence-corrected chi connectivity index (χ4v) is 1.33. The first-order valence-electron chi connectivity index (χ1n) is 6.36. The minimum absolute atomic E-state index is 0.156. The highest BCUT2D eigenvalue weighted by atomic mass is 19.4. The number of halogens is 6. The fourth-order valence-electron chi connectivity index (χ4n) is 1.33. The number of rotatable bonds is 7. The molecule has 0 bridgehead atoms. The zero-order valence-corrected chi connectivity index (χ0v) is 12.5. The SMILES string of the molecule is CCC(C)(CC(=O)OC(F)(F)F)C(=O)OCC(=O)OCC(F)(F)F. The van der Waals surface area contributed by atoms with Gasteiger partial charge in [-0.3, -0.25) is 9.59 Å². The first-order chi connectivity index (χ1) is 10.7. The lowest BCUT2D eigenvalue weighted by Gasteiger charge is -2.24. The second-order valence-electron chi connectivity index (χ2n) is 4.86. The van der Waals surface area contributed by atoms with Crippen molar-refractivity contribution in [3.63, 3.8) is 0 Å². The zero-order chi connectivity index (χ0) is 19.2. The van der Waals surface area contributed by atoms with Gasteiger partial charge in [0.15, 0.2) is 13.2 Å². The summed E-state index contributed by atoms with van der Waals surface area (Å²) >= 11 is 0. The third kappa shape index (κ3) is 9.20. The molecule has 1 atom stereocenters. The molecule has 0 aromatic heterocycles. The summed E-state index contributed by atoms with van der Waals surface area (Å²) in [6.07, 6.45) is -11.1. The van der Waals surface area contributed by atoms with Crippen molar-refractivity contribution in [1.82, 2.24) is 0 Å². The molecule has 0 aromatic carbocycles. The Morgan fingerprint density at radius 3 is 1.88 bits per heavy atom. The molecule has 0 spiro atoms. The molecule has 0 amide bonds. The van der Waals surface area contributed by atoms with E-state index in [2.05, 4.69) is 14.2 Å². The predicted octanol–water partition coefficient (Wildman–Crippen LogP) is 2.50. The lowest BCUT2D eigenvalue weighted by molar-refractivity contribution is -0.306. The molecule has 0 heterocycles. The molecule has 12 heteroatoms. The Morgan fingerprint density at radius 1 is 0.917 bits per heavy atom. The lowest BCUT2D eigenvalue weighted by Crippen LogP contribution is -2.35. The van der Waals surface area contributed by atoms with Crippen molar-refractivity contribution in [2.45, 2.75) is 39.2 Å². The van der Waals surface area contributed by atoms with Crippen molar-refractivity contribution >= 4 is 17.9 Å². The Labute approximate surface area is 132 Å². The van der Waals surface area contributed by atoms with E-state index in [1.54, 1.807) is 0 Å². The number of carbonyl (C=O) groups excluding carboxylic acids is 3. The topological polar surface area (TPSA) is 78.9 Å². The first kappa shape index (κ1) is 22.0. The number of esters is 3. The lowest BCUT2D eigenvalue weighted by atomic mass is 9.84.